The van der Waals surface area contributed by atoms with Crippen LogP contribution in [0.25, 0.3) is 0 Å². The summed E-state index contributed by atoms with van der Waals surface area (Å²) in [4.78, 5) is 33.8. The lowest BCUT2D eigenvalue weighted by molar-refractivity contribution is -0.141. The molecule has 0 aliphatic heterocycles. The first kappa shape index (κ1) is 36.8. The Morgan fingerprint density at radius 3 is 1.70 bits per heavy atom. The van der Waals surface area contributed by atoms with E-state index in [0.717, 1.165) is 36.8 Å². The van der Waals surface area contributed by atoms with Gasteiger partial charge in [0.25, 0.3) is 0 Å². The number of aromatic hydroxyl groups is 2. The van der Waals surface area contributed by atoms with Crippen LogP contribution in [-0.2, 0) is 30.6 Å². The van der Waals surface area contributed by atoms with Gasteiger partial charge in [-0.25, -0.2) is 0 Å². The van der Waals surface area contributed by atoms with Crippen LogP contribution >= 0.6 is 0 Å². The van der Waals surface area contributed by atoms with Gasteiger partial charge in [-0.15, -0.1) is 0 Å². The van der Waals surface area contributed by atoms with Crippen molar-refractivity contribution in [2.45, 2.75) is 136 Å². The second-order valence-electron chi connectivity index (χ2n) is 15.5. The first-order valence-corrected chi connectivity index (χ1v) is 16.4. The Hall–Kier alpha value is -3.68. The maximum absolute atomic E-state index is 12.5. The minimum atomic E-state index is -0.465. The molecule has 2 aromatic carbocycles. The number of carbonyl (C=O) groups excluding carboxylic acids is 2. The molecule has 252 valence electrons. The van der Waals surface area contributed by atoms with Crippen molar-refractivity contribution < 1.29 is 29.3 Å². The maximum Gasteiger partial charge on any atom is 0.311 e. The molecule has 8 heteroatoms. The third-order valence-corrected chi connectivity index (χ3v) is 8.46. The lowest BCUT2D eigenvalue weighted by Crippen LogP contribution is -2.27. The number of methoxy groups -OCH3 is 1. The number of rotatable bonds is 9. The summed E-state index contributed by atoms with van der Waals surface area (Å²) in [6.45, 7) is 18.7. The van der Waals surface area contributed by atoms with Gasteiger partial charge < -0.3 is 19.7 Å². The molecule has 0 spiro atoms. The molecule has 1 aliphatic carbocycles. The Bertz CT molecular complexity index is 1450. The van der Waals surface area contributed by atoms with Crippen molar-refractivity contribution in [1.82, 2.24) is 0 Å². The second-order valence-corrected chi connectivity index (χ2v) is 15.5. The zero-order valence-corrected chi connectivity index (χ0v) is 29.5. The van der Waals surface area contributed by atoms with Crippen molar-refractivity contribution in [1.29, 1.82) is 0 Å². The minimum Gasteiger partial charge on any atom is -0.507 e. The Labute approximate surface area is 275 Å². The predicted molar refractivity (Wildman–Crippen MR) is 185 cm³/mol. The number of nitrogens with zero attached hydrogens (tertiary/aromatic N) is 2. The van der Waals surface area contributed by atoms with Crippen LogP contribution in [0.2, 0.25) is 0 Å². The quantitative estimate of drug-likeness (QED) is 0.164. The van der Waals surface area contributed by atoms with Crippen LogP contribution in [0.1, 0.15) is 135 Å². The summed E-state index contributed by atoms with van der Waals surface area (Å²) in [6.07, 6.45) is 7.76. The molecule has 0 unspecified atom stereocenters. The Kier molecular flexibility index (Phi) is 11.9. The lowest BCUT2D eigenvalue weighted by atomic mass is 9.79. The van der Waals surface area contributed by atoms with Gasteiger partial charge in [-0.3, -0.25) is 19.6 Å². The molecule has 3 rings (SSSR count). The van der Waals surface area contributed by atoms with Crippen molar-refractivity contribution in [3.63, 3.8) is 0 Å². The van der Waals surface area contributed by atoms with Crippen molar-refractivity contribution in [3.05, 3.63) is 52.1 Å². The Morgan fingerprint density at radius 2 is 1.22 bits per heavy atom. The second kappa shape index (κ2) is 14.8. The lowest BCUT2D eigenvalue weighted by Gasteiger charge is -2.28. The van der Waals surface area contributed by atoms with E-state index in [1.54, 1.807) is 24.6 Å². The summed E-state index contributed by atoms with van der Waals surface area (Å²) in [5, 5.41) is 22.5. The van der Waals surface area contributed by atoms with E-state index in [1.165, 1.54) is 7.11 Å². The van der Waals surface area contributed by atoms with Gasteiger partial charge in [0.1, 0.15) is 17.2 Å². The van der Waals surface area contributed by atoms with E-state index in [-0.39, 0.29) is 53.2 Å². The molecule has 1 saturated carbocycles. The molecular weight excluding hydrogens is 580 g/mol. The summed E-state index contributed by atoms with van der Waals surface area (Å²) in [7, 11) is 1.31. The highest BCUT2D eigenvalue weighted by Crippen LogP contribution is 2.38. The van der Waals surface area contributed by atoms with Crippen molar-refractivity contribution in [2.24, 2.45) is 9.98 Å². The first-order valence-electron chi connectivity index (χ1n) is 16.4. The molecule has 2 atom stereocenters. The fourth-order valence-electron chi connectivity index (χ4n) is 5.57. The van der Waals surface area contributed by atoms with Crippen LogP contribution in [0.5, 0.6) is 17.2 Å². The molecule has 0 amide bonds. The fraction of sp³-hybridized carbons (Fsp3) is 0.579. The number of hydrogen-bond donors (Lipinski definition) is 2. The zero-order chi connectivity index (χ0) is 34.4. The van der Waals surface area contributed by atoms with Gasteiger partial charge in [0.2, 0.25) is 0 Å². The smallest absolute Gasteiger partial charge is 0.311 e. The summed E-state index contributed by atoms with van der Waals surface area (Å²) in [5.74, 6) is -0.171. The third-order valence-electron chi connectivity index (χ3n) is 8.46. The molecular formula is C38H54N2O6. The van der Waals surface area contributed by atoms with Gasteiger partial charge >= 0.3 is 11.9 Å². The number of ether oxygens (including phenoxy) is 2. The van der Waals surface area contributed by atoms with Crippen LogP contribution < -0.4 is 4.74 Å². The summed E-state index contributed by atoms with van der Waals surface area (Å²) < 4.78 is 10.3. The average Bonchev–Trinajstić information content (AvgIpc) is 2.95. The SMILES string of the molecule is COC(=O)CCCC(=O)Oc1cc(C=N[C@@H]2CCCC[C@H]2N=Cc2cc(C(C)(C)C)cc(C(C)(C)C)c2O)c(O)c(C(C)(C)C)c1. The molecule has 0 aromatic heterocycles. The van der Waals surface area contributed by atoms with Crippen LogP contribution in [0.15, 0.2) is 34.3 Å². The predicted octanol–water partition coefficient (Wildman–Crippen LogP) is 8.09. The first-order chi connectivity index (χ1) is 21.3. The molecule has 46 heavy (non-hydrogen) atoms. The molecule has 2 aromatic rings. The number of phenols is 2. The average molecular weight is 635 g/mol. The van der Waals surface area contributed by atoms with E-state index in [1.807, 2.05) is 26.8 Å². The molecule has 0 bridgehead atoms. The Morgan fingerprint density at radius 1 is 0.739 bits per heavy atom. The summed E-state index contributed by atoms with van der Waals surface area (Å²) in [6, 6.07) is 7.25. The topological polar surface area (TPSA) is 118 Å². The standard InChI is InChI=1S/C38H54N2O6/c1-36(2,3)26-18-24(34(43)28(20-26)37(4,5)6)22-39-30-14-11-12-15-31(30)40-23-25-19-27(21-29(35(25)44)38(7,8)9)46-33(42)17-13-16-32(41)45-10/h18-23,30-31,43-44H,11-17H2,1-10H3/t30-,31-/m1/s1. The minimum absolute atomic E-state index is 0.0669. The van der Waals surface area contributed by atoms with E-state index < -0.39 is 11.4 Å². The number of carbonyl (C=O) groups is 2. The molecule has 0 radical (unpaired) electrons. The van der Waals surface area contributed by atoms with Gasteiger partial charge in [-0.2, -0.15) is 0 Å². The number of phenolic OH excluding ortho intramolecular Hbond substituents is 2. The monoisotopic (exact) mass is 634 g/mol. The van der Waals surface area contributed by atoms with E-state index in [2.05, 4.69) is 52.3 Å². The van der Waals surface area contributed by atoms with Crippen molar-refractivity contribution >= 4 is 24.4 Å². The zero-order valence-electron chi connectivity index (χ0n) is 29.5. The number of aliphatic imine (C=N–C) groups is 2. The summed E-state index contributed by atoms with van der Waals surface area (Å²) in [5.41, 5.74) is 3.10. The van der Waals surface area contributed by atoms with Crippen LogP contribution in [-0.4, -0.2) is 53.8 Å². The van der Waals surface area contributed by atoms with Gasteiger partial charge in [0.05, 0.1) is 19.2 Å². The summed E-state index contributed by atoms with van der Waals surface area (Å²) >= 11 is 0. The number of esters is 2. The van der Waals surface area contributed by atoms with Crippen molar-refractivity contribution in [2.75, 3.05) is 7.11 Å². The molecule has 0 heterocycles. The highest BCUT2D eigenvalue weighted by Gasteiger charge is 2.27. The molecule has 2 N–H and O–H groups in total. The molecule has 1 fully saturated rings. The van der Waals surface area contributed by atoms with Crippen LogP contribution in [0.3, 0.4) is 0 Å². The largest absolute Gasteiger partial charge is 0.507 e. The van der Waals surface area contributed by atoms with E-state index in [0.29, 0.717) is 28.9 Å². The molecule has 0 saturated heterocycles. The molecule has 1 aliphatic rings. The van der Waals surface area contributed by atoms with E-state index in [4.69, 9.17) is 14.7 Å². The number of hydrogen-bond acceptors (Lipinski definition) is 8. The molecule has 8 nitrogen and oxygen atoms in total. The van der Waals surface area contributed by atoms with Crippen molar-refractivity contribution in [3.8, 4) is 17.2 Å². The fourth-order valence-corrected chi connectivity index (χ4v) is 5.57. The van der Waals surface area contributed by atoms with Gasteiger partial charge in [-0.1, -0.05) is 81.2 Å². The Balaban J connectivity index is 1.91. The van der Waals surface area contributed by atoms with Crippen LogP contribution in [0, 0.1) is 0 Å². The number of benzene rings is 2. The van der Waals surface area contributed by atoms with Crippen LogP contribution in [0.4, 0.5) is 0 Å². The maximum atomic E-state index is 12.5. The normalized spacial score (nSPS) is 17.9. The van der Waals surface area contributed by atoms with E-state index in [9.17, 15) is 19.8 Å². The van der Waals surface area contributed by atoms with E-state index >= 15 is 0 Å². The third kappa shape index (κ3) is 9.91. The van der Waals surface area contributed by atoms with Gasteiger partial charge in [-0.05, 0) is 59.3 Å². The van der Waals surface area contributed by atoms with Gasteiger partial charge in [0.15, 0.2) is 0 Å². The highest BCUT2D eigenvalue weighted by molar-refractivity contribution is 5.87. The highest BCUT2D eigenvalue weighted by atomic mass is 16.5. The van der Waals surface area contributed by atoms with Gasteiger partial charge in [0, 0.05) is 47.5 Å².